The molecule has 228 valence electrons. The first-order chi connectivity index (χ1) is 21.5. The van der Waals surface area contributed by atoms with Crippen molar-refractivity contribution in [1.82, 2.24) is 30.3 Å². The van der Waals surface area contributed by atoms with Crippen molar-refractivity contribution in [3.05, 3.63) is 90.0 Å². The Morgan fingerprint density at radius 1 is 1.02 bits per heavy atom. The van der Waals surface area contributed by atoms with Crippen molar-refractivity contribution in [3.8, 4) is 28.4 Å². The van der Waals surface area contributed by atoms with Gasteiger partial charge >= 0.3 is 0 Å². The van der Waals surface area contributed by atoms with Gasteiger partial charge in [-0.15, -0.1) is 10.2 Å². The predicted molar refractivity (Wildman–Crippen MR) is 163 cm³/mol. The number of aromatic nitrogens is 3. The summed E-state index contributed by atoms with van der Waals surface area (Å²) in [6, 6.07) is 20.1. The van der Waals surface area contributed by atoms with E-state index in [1.807, 2.05) is 53.1 Å². The number of nitrogens with zero attached hydrogens (tertiary/aromatic N) is 4. The van der Waals surface area contributed by atoms with Crippen LogP contribution in [-0.2, 0) is 24.4 Å². The molecular formula is C33H36N6O5. The van der Waals surface area contributed by atoms with E-state index in [1.54, 1.807) is 31.6 Å². The van der Waals surface area contributed by atoms with E-state index in [-0.39, 0.29) is 30.6 Å². The summed E-state index contributed by atoms with van der Waals surface area (Å²) < 4.78 is 19.9. The number of ether oxygens (including phenoxy) is 3. The van der Waals surface area contributed by atoms with E-state index in [0.717, 1.165) is 35.6 Å². The van der Waals surface area contributed by atoms with E-state index >= 15 is 0 Å². The van der Waals surface area contributed by atoms with Gasteiger partial charge in [0, 0.05) is 37.3 Å². The van der Waals surface area contributed by atoms with Crippen LogP contribution < -0.4 is 24.8 Å². The molecule has 2 N–H and O–H groups in total. The highest BCUT2D eigenvalue weighted by molar-refractivity contribution is 5.96. The molecule has 0 unspecified atom stereocenters. The second-order valence-corrected chi connectivity index (χ2v) is 10.9. The summed E-state index contributed by atoms with van der Waals surface area (Å²) in [5, 5.41) is 14.6. The highest BCUT2D eigenvalue weighted by Crippen LogP contribution is 2.33. The number of carbonyl (C=O) groups is 2. The molecular weight excluding hydrogens is 560 g/mol. The maximum Gasteiger partial charge on any atom is 0.258 e. The van der Waals surface area contributed by atoms with E-state index < -0.39 is 0 Å². The molecule has 4 aromatic rings. The molecule has 7 rings (SSSR count). The average Bonchev–Trinajstić information content (AvgIpc) is 3.51. The molecule has 4 heterocycles. The van der Waals surface area contributed by atoms with Crippen molar-refractivity contribution < 1.29 is 23.8 Å². The molecule has 11 nitrogen and oxygen atoms in total. The van der Waals surface area contributed by atoms with Gasteiger partial charge in [0.15, 0.2) is 6.61 Å². The van der Waals surface area contributed by atoms with Gasteiger partial charge in [-0.1, -0.05) is 24.3 Å². The van der Waals surface area contributed by atoms with Gasteiger partial charge in [0.1, 0.15) is 35.5 Å². The van der Waals surface area contributed by atoms with Crippen LogP contribution in [0.5, 0.6) is 17.2 Å². The zero-order valence-corrected chi connectivity index (χ0v) is 24.9. The van der Waals surface area contributed by atoms with Crippen molar-refractivity contribution in [2.45, 2.75) is 45.1 Å². The molecule has 1 saturated heterocycles. The summed E-state index contributed by atoms with van der Waals surface area (Å²) >= 11 is 0. The van der Waals surface area contributed by atoms with Gasteiger partial charge < -0.3 is 29.4 Å². The predicted octanol–water partition coefficient (Wildman–Crippen LogP) is 3.43. The van der Waals surface area contributed by atoms with Crippen LogP contribution in [0.4, 0.5) is 0 Å². The van der Waals surface area contributed by atoms with Crippen LogP contribution in [0.15, 0.2) is 73.1 Å². The van der Waals surface area contributed by atoms with E-state index in [2.05, 4.69) is 32.7 Å². The number of rotatable bonds is 4. The first-order valence-corrected chi connectivity index (χ1v) is 14.8. The standard InChI is InChI=1S/C33H36N6O5/c1-3-39-21-35-37-31(39)19-38-14-13-30-28(18-38)36-33(41)24-9-12-29(42-2)27(16-24)23-5-4-6-26(15-23)43-20-32(40)34-17-22-7-10-25(44-30)11-8-22/h4-12,15-16,21,28,30H,3,13-14,17-20H2,1-2H3,(H,34,40)(H,36,41)/t28-,30-/m1/s1. The van der Waals surface area contributed by atoms with Gasteiger partial charge in [-0.25, -0.2) is 0 Å². The second-order valence-electron chi connectivity index (χ2n) is 10.9. The zero-order valence-electron chi connectivity index (χ0n) is 24.9. The topological polar surface area (TPSA) is 120 Å². The molecule has 2 atom stereocenters. The minimum absolute atomic E-state index is 0.124. The van der Waals surface area contributed by atoms with Gasteiger partial charge in [0.25, 0.3) is 11.8 Å². The van der Waals surface area contributed by atoms with Crippen LogP contribution in [0.25, 0.3) is 11.1 Å². The van der Waals surface area contributed by atoms with Crippen molar-refractivity contribution in [2.75, 3.05) is 26.8 Å². The molecule has 3 aliphatic rings. The minimum Gasteiger partial charge on any atom is -0.496 e. The van der Waals surface area contributed by atoms with E-state index in [1.165, 1.54) is 0 Å². The van der Waals surface area contributed by atoms with Gasteiger partial charge in [0.2, 0.25) is 0 Å². The Hall–Kier alpha value is -4.90. The van der Waals surface area contributed by atoms with Crippen LogP contribution in [0, 0.1) is 0 Å². The Bertz CT molecular complexity index is 1620. The number of hydrogen-bond donors (Lipinski definition) is 2. The van der Waals surface area contributed by atoms with Crippen molar-refractivity contribution >= 4 is 11.8 Å². The molecule has 0 spiro atoms. The Morgan fingerprint density at radius 3 is 2.70 bits per heavy atom. The maximum atomic E-state index is 13.8. The Balaban J connectivity index is 1.32. The fourth-order valence-electron chi connectivity index (χ4n) is 5.63. The summed E-state index contributed by atoms with van der Waals surface area (Å²) in [4.78, 5) is 28.6. The molecule has 0 aliphatic carbocycles. The number of methoxy groups -OCH3 is 1. The monoisotopic (exact) mass is 596 g/mol. The third-order valence-electron chi connectivity index (χ3n) is 8.03. The number of nitrogens with one attached hydrogen (secondary N) is 2. The lowest BCUT2D eigenvalue weighted by Crippen LogP contribution is -2.56. The zero-order chi connectivity index (χ0) is 30.5. The lowest BCUT2D eigenvalue weighted by molar-refractivity contribution is -0.123. The fourth-order valence-corrected chi connectivity index (χ4v) is 5.63. The Labute approximate surface area is 256 Å². The van der Waals surface area contributed by atoms with E-state index in [4.69, 9.17) is 14.2 Å². The van der Waals surface area contributed by atoms with Gasteiger partial charge in [-0.2, -0.15) is 0 Å². The number of benzene rings is 3. The molecule has 2 amide bonds. The lowest BCUT2D eigenvalue weighted by atomic mass is 9.99. The van der Waals surface area contributed by atoms with Crippen LogP contribution in [0.2, 0.25) is 0 Å². The fraction of sp³-hybridized carbons (Fsp3) is 0.333. The summed E-state index contributed by atoms with van der Waals surface area (Å²) in [6.45, 7) is 5.08. The lowest BCUT2D eigenvalue weighted by Gasteiger charge is -2.38. The highest BCUT2D eigenvalue weighted by Gasteiger charge is 2.33. The number of carbonyl (C=O) groups excluding carboxylic acids is 2. The number of piperidine rings is 1. The molecule has 3 aliphatic heterocycles. The van der Waals surface area contributed by atoms with Gasteiger partial charge in [-0.05, 0) is 66.9 Å². The third kappa shape index (κ3) is 6.68. The van der Waals surface area contributed by atoms with Crippen LogP contribution >= 0.6 is 0 Å². The quantitative estimate of drug-likeness (QED) is 0.368. The molecule has 11 heteroatoms. The molecule has 6 bridgehead atoms. The summed E-state index contributed by atoms with van der Waals surface area (Å²) in [5.74, 6) is 2.31. The number of hydrogen-bond acceptors (Lipinski definition) is 8. The van der Waals surface area contributed by atoms with Crippen molar-refractivity contribution in [2.24, 2.45) is 0 Å². The molecule has 1 aromatic heterocycles. The van der Waals surface area contributed by atoms with Crippen molar-refractivity contribution in [3.63, 3.8) is 0 Å². The van der Waals surface area contributed by atoms with E-state index in [0.29, 0.717) is 48.9 Å². The Kier molecular flexibility index (Phi) is 8.74. The summed E-state index contributed by atoms with van der Waals surface area (Å²) in [7, 11) is 1.59. The Morgan fingerprint density at radius 2 is 1.89 bits per heavy atom. The average molecular weight is 597 g/mol. The summed E-state index contributed by atoms with van der Waals surface area (Å²) in [6.07, 6.45) is 2.21. The first kappa shape index (κ1) is 29.2. The second kappa shape index (κ2) is 13.2. The highest BCUT2D eigenvalue weighted by atomic mass is 16.5. The molecule has 0 radical (unpaired) electrons. The first-order valence-electron chi connectivity index (χ1n) is 14.8. The molecule has 44 heavy (non-hydrogen) atoms. The van der Waals surface area contributed by atoms with Gasteiger partial charge in [0.05, 0.1) is 19.7 Å². The maximum absolute atomic E-state index is 13.8. The van der Waals surface area contributed by atoms with E-state index in [9.17, 15) is 9.59 Å². The minimum atomic E-state index is -0.291. The summed E-state index contributed by atoms with van der Waals surface area (Å²) in [5.41, 5.74) is 2.97. The van der Waals surface area contributed by atoms with Crippen LogP contribution in [0.3, 0.4) is 0 Å². The van der Waals surface area contributed by atoms with Gasteiger partial charge in [-0.3, -0.25) is 14.5 Å². The SMILES string of the molecule is CCn1cnnc1CN1CC[C@H]2Oc3ccc(cc3)CNC(=O)COc3cccc(c3)-c3cc(ccc3OC)C(=O)N[C@@H]2C1. The third-order valence-corrected chi connectivity index (χ3v) is 8.03. The van der Waals surface area contributed by atoms with Crippen molar-refractivity contribution in [1.29, 1.82) is 0 Å². The normalized spacial score (nSPS) is 19.1. The molecule has 1 fully saturated rings. The van der Waals surface area contributed by atoms with Crippen LogP contribution in [0.1, 0.15) is 35.1 Å². The number of likely N-dealkylation sites (tertiary alicyclic amines) is 1. The largest absolute Gasteiger partial charge is 0.496 e. The van der Waals surface area contributed by atoms with Crippen LogP contribution in [-0.4, -0.2) is 70.4 Å². The smallest absolute Gasteiger partial charge is 0.258 e. The molecule has 3 aromatic carbocycles. The number of amides is 2. The number of aryl methyl sites for hydroxylation is 1. The molecule has 0 saturated carbocycles. The number of fused-ring (bicyclic) bond motifs is 7.